The molecule has 30 heavy (non-hydrogen) atoms. The predicted octanol–water partition coefficient (Wildman–Crippen LogP) is 6.40. The van der Waals surface area contributed by atoms with Gasteiger partial charge in [-0.3, -0.25) is 0 Å². The Balaban J connectivity index is 1.30. The number of rotatable bonds is 8. The van der Waals surface area contributed by atoms with Crippen molar-refractivity contribution in [2.24, 2.45) is 11.3 Å². The van der Waals surface area contributed by atoms with Gasteiger partial charge in [-0.15, -0.1) is 20.4 Å². The zero-order valence-electron chi connectivity index (χ0n) is 17.3. The summed E-state index contributed by atoms with van der Waals surface area (Å²) in [6.45, 7) is 8.71. The molecule has 0 N–H and O–H groups in total. The van der Waals surface area contributed by atoms with Gasteiger partial charge in [-0.2, -0.15) is 0 Å². The predicted molar refractivity (Wildman–Crippen MR) is 119 cm³/mol. The summed E-state index contributed by atoms with van der Waals surface area (Å²) in [5, 5.41) is 18.4. The summed E-state index contributed by atoms with van der Waals surface area (Å²) in [6, 6.07) is 7.71. The smallest absolute Gasteiger partial charge is 0.277 e. The van der Waals surface area contributed by atoms with Gasteiger partial charge in [0.05, 0.1) is 5.75 Å². The molecule has 1 aliphatic rings. The van der Waals surface area contributed by atoms with Crippen LogP contribution in [0.5, 0.6) is 0 Å². The van der Waals surface area contributed by atoms with Gasteiger partial charge in [0.15, 0.2) is 0 Å². The van der Waals surface area contributed by atoms with Crippen LogP contribution in [0.4, 0.5) is 0 Å². The molecule has 1 aromatic carbocycles. The first-order valence-corrected chi connectivity index (χ1v) is 12.0. The Labute approximate surface area is 189 Å². The van der Waals surface area contributed by atoms with Gasteiger partial charge >= 0.3 is 0 Å². The fraction of sp³-hybridized carbons (Fsp3) is 0.429. The van der Waals surface area contributed by atoms with Crippen LogP contribution >= 0.6 is 35.1 Å². The number of aromatic nitrogens is 4. The fourth-order valence-corrected chi connectivity index (χ4v) is 4.90. The average molecular weight is 463 g/mol. The van der Waals surface area contributed by atoms with Gasteiger partial charge in [0.1, 0.15) is 0 Å². The quantitative estimate of drug-likeness (QED) is 0.281. The molecule has 1 aliphatic carbocycles. The monoisotopic (exact) mass is 462 g/mol. The van der Waals surface area contributed by atoms with E-state index in [4.69, 9.17) is 20.4 Å². The molecule has 0 amide bonds. The van der Waals surface area contributed by atoms with Crippen LogP contribution in [0.2, 0.25) is 5.02 Å². The van der Waals surface area contributed by atoms with Crippen LogP contribution in [-0.4, -0.2) is 20.4 Å². The molecule has 4 rings (SSSR count). The van der Waals surface area contributed by atoms with E-state index in [0.29, 0.717) is 33.9 Å². The molecule has 2 aromatic heterocycles. The van der Waals surface area contributed by atoms with Crippen LogP contribution in [-0.2, 0) is 11.5 Å². The van der Waals surface area contributed by atoms with E-state index in [9.17, 15) is 0 Å². The minimum absolute atomic E-state index is 0.147. The van der Waals surface area contributed by atoms with Crippen molar-refractivity contribution in [3.63, 3.8) is 0 Å². The summed E-state index contributed by atoms with van der Waals surface area (Å²) in [5.41, 5.74) is 2.60. The van der Waals surface area contributed by atoms with Crippen LogP contribution in [0.15, 0.2) is 55.2 Å². The van der Waals surface area contributed by atoms with E-state index < -0.39 is 0 Å². The van der Waals surface area contributed by atoms with Crippen molar-refractivity contribution in [3.8, 4) is 0 Å². The van der Waals surface area contributed by atoms with E-state index in [1.807, 2.05) is 24.3 Å². The molecule has 0 spiro atoms. The molecule has 158 valence electrons. The molecular formula is C21H23ClN4O2S2. The Morgan fingerprint density at radius 1 is 1.00 bits per heavy atom. The molecular weight excluding hydrogens is 440 g/mol. The molecule has 0 aliphatic heterocycles. The lowest BCUT2D eigenvalue weighted by molar-refractivity contribution is 0.398. The van der Waals surface area contributed by atoms with Crippen LogP contribution in [0, 0.1) is 11.3 Å². The van der Waals surface area contributed by atoms with E-state index in [1.54, 1.807) is 0 Å². The zero-order valence-corrected chi connectivity index (χ0v) is 19.6. The van der Waals surface area contributed by atoms with E-state index in [0.717, 1.165) is 16.3 Å². The van der Waals surface area contributed by atoms with Crippen molar-refractivity contribution in [2.45, 2.75) is 55.6 Å². The lowest BCUT2D eigenvalue weighted by Gasteiger charge is -1.98. The SMILES string of the molecule is CC(C)=C[C@@H]1[C@@H](c2nnc(SCc3nnc(SCc4ccc(Cl)cc4)o3)o2)C1(C)C. The summed E-state index contributed by atoms with van der Waals surface area (Å²) in [5.74, 6) is 3.18. The third kappa shape index (κ3) is 4.92. The van der Waals surface area contributed by atoms with Crippen molar-refractivity contribution in [2.75, 3.05) is 0 Å². The van der Waals surface area contributed by atoms with Gasteiger partial charge in [-0.25, -0.2) is 0 Å². The van der Waals surface area contributed by atoms with Crippen molar-refractivity contribution in [1.29, 1.82) is 0 Å². The van der Waals surface area contributed by atoms with Crippen LogP contribution in [0.3, 0.4) is 0 Å². The molecule has 2 atom stereocenters. The third-order valence-corrected chi connectivity index (χ3v) is 7.10. The highest BCUT2D eigenvalue weighted by Crippen LogP contribution is 2.65. The molecule has 1 fully saturated rings. The lowest BCUT2D eigenvalue weighted by atomic mass is 10.1. The highest BCUT2D eigenvalue weighted by molar-refractivity contribution is 7.98. The Hall–Kier alpha value is -1.77. The second-order valence-electron chi connectivity index (χ2n) is 8.14. The Morgan fingerprint density at radius 2 is 1.67 bits per heavy atom. The number of allylic oxidation sites excluding steroid dienone is 2. The normalized spacial score (nSPS) is 19.6. The van der Waals surface area contributed by atoms with Gasteiger partial charge in [0, 0.05) is 16.7 Å². The van der Waals surface area contributed by atoms with Gasteiger partial charge in [0.25, 0.3) is 10.4 Å². The standard InChI is InChI=1S/C21H23ClN4O2S2/c1-12(2)9-15-17(21(15,3)4)18-24-26-20(28-18)30-11-16-23-25-19(27-16)29-10-13-5-7-14(22)8-6-13/h5-9,15,17H,10-11H2,1-4H3/t15-,17+/m1/s1. The fourth-order valence-electron chi connectivity index (χ4n) is 3.43. The molecule has 2 heterocycles. The van der Waals surface area contributed by atoms with Crippen LogP contribution < -0.4 is 0 Å². The first-order chi connectivity index (χ1) is 14.3. The molecule has 0 bridgehead atoms. The molecule has 9 heteroatoms. The minimum Gasteiger partial charge on any atom is -0.416 e. The average Bonchev–Trinajstić information content (AvgIpc) is 3.11. The van der Waals surface area contributed by atoms with Gasteiger partial charge < -0.3 is 8.83 Å². The second kappa shape index (κ2) is 8.77. The van der Waals surface area contributed by atoms with Crippen molar-refractivity contribution < 1.29 is 8.83 Å². The lowest BCUT2D eigenvalue weighted by Crippen LogP contribution is -1.90. The molecule has 0 unspecified atom stereocenters. The van der Waals surface area contributed by atoms with Gasteiger partial charge in [-0.1, -0.05) is 72.8 Å². The van der Waals surface area contributed by atoms with E-state index in [1.165, 1.54) is 29.1 Å². The van der Waals surface area contributed by atoms with Crippen LogP contribution in [0.1, 0.15) is 51.0 Å². The first-order valence-electron chi connectivity index (χ1n) is 9.64. The number of nitrogens with zero attached hydrogens (tertiary/aromatic N) is 4. The summed E-state index contributed by atoms with van der Waals surface area (Å²) >= 11 is 8.81. The second-order valence-corrected chi connectivity index (χ2v) is 10.4. The number of hydrogen-bond acceptors (Lipinski definition) is 8. The number of benzene rings is 1. The topological polar surface area (TPSA) is 77.8 Å². The van der Waals surface area contributed by atoms with E-state index in [2.05, 4.69) is 54.2 Å². The van der Waals surface area contributed by atoms with Crippen molar-refractivity contribution >= 4 is 35.1 Å². The number of hydrogen-bond donors (Lipinski definition) is 0. The van der Waals surface area contributed by atoms with Crippen LogP contribution in [0.25, 0.3) is 0 Å². The Morgan fingerprint density at radius 3 is 2.40 bits per heavy atom. The van der Waals surface area contributed by atoms with E-state index >= 15 is 0 Å². The Kier molecular flexibility index (Phi) is 6.27. The molecule has 3 aromatic rings. The molecule has 1 saturated carbocycles. The summed E-state index contributed by atoms with van der Waals surface area (Å²) in [6.07, 6.45) is 2.29. The number of halogens is 1. The van der Waals surface area contributed by atoms with Crippen molar-refractivity contribution in [3.05, 3.63) is 58.3 Å². The zero-order chi connectivity index (χ0) is 21.3. The van der Waals surface area contributed by atoms with Gasteiger partial charge in [0.2, 0.25) is 11.8 Å². The maximum atomic E-state index is 5.91. The molecule has 0 saturated heterocycles. The van der Waals surface area contributed by atoms with Crippen molar-refractivity contribution in [1.82, 2.24) is 20.4 Å². The van der Waals surface area contributed by atoms with Gasteiger partial charge in [-0.05, 0) is 42.9 Å². The van der Waals surface area contributed by atoms with E-state index in [-0.39, 0.29) is 11.3 Å². The molecule has 0 radical (unpaired) electrons. The summed E-state index contributed by atoms with van der Waals surface area (Å²) in [7, 11) is 0. The maximum Gasteiger partial charge on any atom is 0.277 e. The highest BCUT2D eigenvalue weighted by atomic mass is 35.5. The summed E-state index contributed by atoms with van der Waals surface area (Å²) < 4.78 is 11.6. The largest absolute Gasteiger partial charge is 0.416 e. The highest BCUT2D eigenvalue weighted by Gasteiger charge is 2.60. The maximum absolute atomic E-state index is 5.91. The summed E-state index contributed by atoms with van der Waals surface area (Å²) in [4.78, 5) is 0. The first kappa shape index (κ1) is 21.5. The number of thioether (sulfide) groups is 2. The Bertz CT molecular complexity index is 1040. The third-order valence-electron chi connectivity index (χ3n) is 5.15. The molecule has 6 nitrogen and oxygen atoms in total. The minimum atomic E-state index is 0.147.